The van der Waals surface area contributed by atoms with Crippen molar-refractivity contribution in [3.05, 3.63) is 0 Å². The molecule has 4 nitrogen and oxygen atoms in total. The summed E-state index contributed by atoms with van der Waals surface area (Å²) >= 11 is 5.21. The second kappa shape index (κ2) is 5.53. The highest BCUT2D eigenvalue weighted by Crippen LogP contribution is 2.39. The molecule has 1 atom stereocenters. The monoisotopic (exact) mass is 270 g/mol. The van der Waals surface area contributed by atoms with Gasteiger partial charge in [0.25, 0.3) is 0 Å². The van der Waals surface area contributed by atoms with Crippen LogP contribution in [0.15, 0.2) is 0 Å². The maximum atomic E-state index is 12.8. The van der Waals surface area contributed by atoms with Gasteiger partial charge >= 0.3 is 0 Å². The van der Waals surface area contributed by atoms with Crippen molar-refractivity contribution in [3.63, 3.8) is 0 Å². The fourth-order valence-electron chi connectivity index (χ4n) is 3.02. The lowest BCUT2D eigenvalue weighted by Gasteiger charge is -2.42. The molecule has 0 spiro atoms. The van der Waals surface area contributed by atoms with Crippen molar-refractivity contribution in [1.29, 1.82) is 0 Å². The van der Waals surface area contributed by atoms with E-state index in [2.05, 4.69) is 0 Å². The minimum Gasteiger partial charge on any atom is -0.392 e. The van der Waals surface area contributed by atoms with Crippen molar-refractivity contribution in [3.8, 4) is 0 Å². The Balaban J connectivity index is 2.19. The van der Waals surface area contributed by atoms with Crippen LogP contribution in [0.2, 0.25) is 0 Å². The standard InChI is InChI=1S/C13H22N2O2S/c1-10-9-17-8-7-15(10)12(16)13(11(14)18)5-3-2-4-6-13/h10H,2-9H2,1H3,(H2,14,18). The summed E-state index contributed by atoms with van der Waals surface area (Å²) < 4.78 is 5.38. The molecule has 0 aromatic carbocycles. The number of hydrogen-bond acceptors (Lipinski definition) is 3. The lowest BCUT2D eigenvalue weighted by molar-refractivity contribution is -0.147. The minimum absolute atomic E-state index is 0.124. The molecule has 1 saturated heterocycles. The zero-order valence-corrected chi connectivity index (χ0v) is 11.8. The van der Waals surface area contributed by atoms with Crippen molar-refractivity contribution >= 4 is 23.1 Å². The molecule has 5 heteroatoms. The molecule has 2 rings (SSSR count). The molecule has 0 aromatic heterocycles. The number of hydrogen-bond donors (Lipinski definition) is 1. The Morgan fingerprint density at radius 1 is 1.39 bits per heavy atom. The van der Waals surface area contributed by atoms with Crippen molar-refractivity contribution in [1.82, 2.24) is 4.90 Å². The van der Waals surface area contributed by atoms with Crippen LogP contribution in [0.3, 0.4) is 0 Å². The molecule has 0 aromatic rings. The van der Waals surface area contributed by atoms with Crippen molar-refractivity contribution in [2.45, 2.75) is 45.1 Å². The highest BCUT2D eigenvalue weighted by molar-refractivity contribution is 7.80. The van der Waals surface area contributed by atoms with E-state index in [9.17, 15) is 4.79 Å². The number of carbonyl (C=O) groups excluding carboxylic acids is 1. The lowest BCUT2D eigenvalue weighted by Crippen LogP contribution is -2.57. The highest BCUT2D eigenvalue weighted by Gasteiger charge is 2.45. The Bertz CT molecular complexity index is 340. The topological polar surface area (TPSA) is 55.6 Å². The Labute approximate surface area is 114 Å². The van der Waals surface area contributed by atoms with E-state index in [1.54, 1.807) is 0 Å². The Hall–Kier alpha value is -0.680. The van der Waals surface area contributed by atoms with E-state index in [-0.39, 0.29) is 11.9 Å². The van der Waals surface area contributed by atoms with Gasteiger partial charge in [-0.1, -0.05) is 31.5 Å². The smallest absolute Gasteiger partial charge is 0.236 e. The fraction of sp³-hybridized carbons (Fsp3) is 0.846. The minimum atomic E-state index is -0.584. The number of nitrogens with zero attached hydrogens (tertiary/aromatic N) is 1. The summed E-state index contributed by atoms with van der Waals surface area (Å²) in [7, 11) is 0. The summed E-state index contributed by atoms with van der Waals surface area (Å²) in [6.07, 6.45) is 4.89. The van der Waals surface area contributed by atoms with E-state index >= 15 is 0 Å². The van der Waals surface area contributed by atoms with Crippen LogP contribution in [0.4, 0.5) is 0 Å². The number of thiocarbonyl (C=S) groups is 1. The third-order valence-electron chi connectivity index (χ3n) is 4.22. The van der Waals surface area contributed by atoms with Crippen LogP contribution in [0, 0.1) is 5.41 Å². The number of morpholine rings is 1. The zero-order chi connectivity index (χ0) is 13.2. The molecule has 0 bridgehead atoms. The summed E-state index contributed by atoms with van der Waals surface area (Å²) in [6, 6.07) is 0.124. The second-order valence-corrected chi connectivity index (χ2v) is 5.87. The van der Waals surface area contributed by atoms with E-state index in [4.69, 9.17) is 22.7 Å². The summed E-state index contributed by atoms with van der Waals surface area (Å²) in [5, 5.41) is 0. The lowest BCUT2D eigenvalue weighted by atomic mass is 9.72. The quantitative estimate of drug-likeness (QED) is 0.772. The molecule has 0 radical (unpaired) electrons. The highest BCUT2D eigenvalue weighted by atomic mass is 32.1. The Morgan fingerprint density at radius 2 is 2.06 bits per heavy atom. The summed E-state index contributed by atoms with van der Waals surface area (Å²) in [5.74, 6) is 0.130. The molecule has 2 aliphatic rings. The molecular formula is C13H22N2O2S. The molecule has 18 heavy (non-hydrogen) atoms. The predicted molar refractivity (Wildman–Crippen MR) is 74.3 cm³/mol. The largest absolute Gasteiger partial charge is 0.392 e. The molecule has 1 heterocycles. The number of carbonyl (C=O) groups is 1. The van der Waals surface area contributed by atoms with E-state index in [0.29, 0.717) is 24.7 Å². The summed E-state index contributed by atoms with van der Waals surface area (Å²) in [6.45, 7) is 3.90. The molecule has 1 saturated carbocycles. The van der Waals surface area contributed by atoms with Crippen molar-refractivity contribution in [2.75, 3.05) is 19.8 Å². The molecule has 1 amide bonds. The van der Waals surface area contributed by atoms with Crippen LogP contribution in [0.5, 0.6) is 0 Å². The zero-order valence-electron chi connectivity index (χ0n) is 11.0. The number of nitrogens with two attached hydrogens (primary N) is 1. The second-order valence-electron chi connectivity index (χ2n) is 5.43. The first-order valence-electron chi connectivity index (χ1n) is 6.77. The van der Waals surface area contributed by atoms with Gasteiger partial charge in [0.05, 0.1) is 29.7 Å². The number of amides is 1. The van der Waals surface area contributed by atoms with Crippen LogP contribution in [0.1, 0.15) is 39.0 Å². The van der Waals surface area contributed by atoms with Gasteiger partial charge in [0.15, 0.2) is 0 Å². The van der Waals surface area contributed by atoms with Gasteiger partial charge in [-0.2, -0.15) is 0 Å². The molecule has 2 N–H and O–H groups in total. The Morgan fingerprint density at radius 3 is 2.61 bits per heavy atom. The van der Waals surface area contributed by atoms with Gasteiger partial charge in [-0.25, -0.2) is 0 Å². The molecular weight excluding hydrogens is 248 g/mol. The third kappa shape index (κ3) is 2.38. The maximum absolute atomic E-state index is 12.8. The average molecular weight is 270 g/mol. The van der Waals surface area contributed by atoms with Crippen LogP contribution >= 0.6 is 12.2 Å². The van der Waals surface area contributed by atoms with Crippen LogP contribution in [0.25, 0.3) is 0 Å². The SMILES string of the molecule is CC1COCCN1C(=O)C1(C(N)=S)CCCCC1. The molecule has 1 aliphatic carbocycles. The fourth-order valence-corrected chi connectivity index (χ4v) is 3.32. The van der Waals surface area contributed by atoms with Crippen molar-refractivity contribution < 1.29 is 9.53 Å². The van der Waals surface area contributed by atoms with E-state index < -0.39 is 5.41 Å². The van der Waals surface area contributed by atoms with Gasteiger partial charge < -0.3 is 15.4 Å². The van der Waals surface area contributed by atoms with Crippen molar-refractivity contribution in [2.24, 2.45) is 11.1 Å². The van der Waals surface area contributed by atoms with Gasteiger partial charge in [0.2, 0.25) is 5.91 Å². The normalized spacial score (nSPS) is 27.8. The predicted octanol–water partition coefficient (Wildman–Crippen LogP) is 1.47. The van der Waals surface area contributed by atoms with E-state index in [1.165, 1.54) is 6.42 Å². The maximum Gasteiger partial charge on any atom is 0.236 e. The van der Waals surface area contributed by atoms with Gasteiger partial charge in [-0.15, -0.1) is 0 Å². The number of ether oxygens (including phenoxy) is 1. The third-order valence-corrected chi connectivity index (χ3v) is 4.61. The Kier molecular flexibility index (Phi) is 4.22. The van der Waals surface area contributed by atoms with Gasteiger partial charge in [0, 0.05) is 6.54 Å². The molecule has 2 fully saturated rings. The number of rotatable bonds is 2. The summed E-state index contributed by atoms with van der Waals surface area (Å²) in [5.41, 5.74) is 5.32. The van der Waals surface area contributed by atoms with Gasteiger partial charge in [-0.3, -0.25) is 4.79 Å². The van der Waals surface area contributed by atoms with Crippen LogP contribution < -0.4 is 5.73 Å². The first-order valence-corrected chi connectivity index (χ1v) is 7.17. The first kappa shape index (κ1) is 13.7. The average Bonchev–Trinajstić information content (AvgIpc) is 2.39. The van der Waals surface area contributed by atoms with Gasteiger partial charge in [0.1, 0.15) is 0 Å². The molecule has 102 valence electrons. The van der Waals surface area contributed by atoms with Gasteiger partial charge in [-0.05, 0) is 19.8 Å². The molecule has 1 aliphatic heterocycles. The van der Waals surface area contributed by atoms with Crippen LogP contribution in [-0.2, 0) is 9.53 Å². The first-order chi connectivity index (χ1) is 8.58. The van der Waals surface area contributed by atoms with E-state index in [1.807, 2.05) is 11.8 Å². The van der Waals surface area contributed by atoms with Crippen LogP contribution in [-0.4, -0.2) is 41.6 Å². The summed E-state index contributed by atoms with van der Waals surface area (Å²) in [4.78, 5) is 15.1. The molecule has 1 unspecified atom stereocenters. The van der Waals surface area contributed by atoms with E-state index in [0.717, 1.165) is 25.7 Å².